The van der Waals surface area contributed by atoms with Gasteiger partial charge in [-0.15, -0.1) is 0 Å². The summed E-state index contributed by atoms with van der Waals surface area (Å²) in [7, 11) is 0. The standard InChI is InChI=1S/C11H11F3N2O/c1-6-3-4-8-9(5-6)16(7(2)17)10(15-8)11(12,13)14/h3-5,7,17H,1-2H3. The summed E-state index contributed by atoms with van der Waals surface area (Å²) in [6, 6.07) is 4.77. The molecule has 17 heavy (non-hydrogen) atoms. The monoisotopic (exact) mass is 244 g/mol. The number of aliphatic hydroxyl groups excluding tert-OH is 1. The van der Waals surface area contributed by atoms with Crippen LogP contribution in [-0.4, -0.2) is 14.7 Å². The highest BCUT2D eigenvalue weighted by Crippen LogP contribution is 2.33. The van der Waals surface area contributed by atoms with Crippen molar-refractivity contribution in [3.05, 3.63) is 29.6 Å². The fourth-order valence-electron chi connectivity index (χ4n) is 1.78. The second-order valence-electron chi connectivity index (χ2n) is 3.93. The molecule has 0 spiro atoms. The van der Waals surface area contributed by atoms with E-state index < -0.39 is 18.2 Å². The molecule has 0 aliphatic carbocycles. The highest BCUT2D eigenvalue weighted by molar-refractivity contribution is 5.77. The summed E-state index contributed by atoms with van der Waals surface area (Å²) in [6.07, 6.45) is -5.86. The number of aliphatic hydroxyl groups is 1. The molecule has 1 atom stereocenters. The molecule has 0 bridgehead atoms. The van der Waals surface area contributed by atoms with Crippen LogP contribution in [0.3, 0.4) is 0 Å². The van der Waals surface area contributed by atoms with Crippen LogP contribution in [0, 0.1) is 6.92 Å². The zero-order valence-corrected chi connectivity index (χ0v) is 9.28. The number of aromatic nitrogens is 2. The first-order valence-electron chi connectivity index (χ1n) is 5.04. The maximum absolute atomic E-state index is 12.8. The highest BCUT2D eigenvalue weighted by atomic mass is 19.4. The average molecular weight is 244 g/mol. The Morgan fingerprint density at radius 3 is 2.53 bits per heavy atom. The number of imidazole rings is 1. The van der Waals surface area contributed by atoms with Gasteiger partial charge >= 0.3 is 6.18 Å². The predicted molar refractivity (Wildman–Crippen MR) is 56.4 cm³/mol. The summed E-state index contributed by atoms with van der Waals surface area (Å²) in [5, 5.41) is 9.47. The number of alkyl halides is 3. The maximum Gasteiger partial charge on any atom is 0.449 e. The molecule has 1 aromatic carbocycles. The van der Waals surface area contributed by atoms with Crippen molar-refractivity contribution in [1.82, 2.24) is 9.55 Å². The van der Waals surface area contributed by atoms with Gasteiger partial charge in [-0.25, -0.2) is 4.98 Å². The van der Waals surface area contributed by atoms with Gasteiger partial charge in [-0.3, -0.25) is 4.57 Å². The van der Waals surface area contributed by atoms with Crippen LogP contribution >= 0.6 is 0 Å². The minimum atomic E-state index is -4.58. The number of nitrogens with zero attached hydrogens (tertiary/aromatic N) is 2. The molecule has 0 aliphatic heterocycles. The lowest BCUT2D eigenvalue weighted by molar-refractivity contribution is -0.150. The predicted octanol–water partition coefficient (Wildman–Crippen LogP) is 2.87. The molecule has 1 heterocycles. The Hall–Kier alpha value is -1.56. The van der Waals surface area contributed by atoms with Crippen LogP contribution in [0.25, 0.3) is 11.0 Å². The van der Waals surface area contributed by atoms with Crippen molar-refractivity contribution in [2.24, 2.45) is 0 Å². The van der Waals surface area contributed by atoms with E-state index in [1.54, 1.807) is 19.1 Å². The van der Waals surface area contributed by atoms with Crippen LogP contribution in [0.5, 0.6) is 0 Å². The SMILES string of the molecule is Cc1ccc2nc(C(F)(F)F)n(C(C)O)c2c1. The molecule has 92 valence electrons. The third kappa shape index (κ3) is 2.00. The molecule has 1 aromatic heterocycles. The van der Waals surface area contributed by atoms with Crippen molar-refractivity contribution in [1.29, 1.82) is 0 Å². The fourth-order valence-corrected chi connectivity index (χ4v) is 1.78. The smallest absolute Gasteiger partial charge is 0.373 e. The summed E-state index contributed by atoms with van der Waals surface area (Å²) in [4.78, 5) is 3.52. The van der Waals surface area contributed by atoms with Crippen LogP contribution in [0.1, 0.15) is 24.5 Å². The van der Waals surface area contributed by atoms with E-state index in [-0.39, 0.29) is 11.0 Å². The summed E-state index contributed by atoms with van der Waals surface area (Å²) < 4.78 is 39.1. The van der Waals surface area contributed by atoms with Crippen molar-refractivity contribution in [2.75, 3.05) is 0 Å². The van der Waals surface area contributed by atoms with E-state index in [4.69, 9.17) is 0 Å². The Bertz CT molecular complexity index is 558. The number of benzene rings is 1. The molecule has 0 fully saturated rings. The van der Waals surface area contributed by atoms with E-state index in [0.29, 0.717) is 0 Å². The van der Waals surface area contributed by atoms with Gasteiger partial charge in [0.1, 0.15) is 6.23 Å². The molecule has 0 amide bonds. The zero-order valence-electron chi connectivity index (χ0n) is 9.28. The molecule has 2 aromatic rings. The number of hydrogen-bond donors (Lipinski definition) is 1. The first-order valence-corrected chi connectivity index (χ1v) is 5.04. The van der Waals surface area contributed by atoms with Crippen molar-refractivity contribution < 1.29 is 18.3 Å². The van der Waals surface area contributed by atoms with Gasteiger partial charge in [0.25, 0.3) is 0 Å². The summed E-state index contributed by atoms with van der Waals surface area (Å²) >= 11 is 0. The van der Waals surface area contributed by atoms with E-state index in [9.17, 15) is 18.3 Å². The van der Waals surface area contributed by atoms with Crippen molar-refractivity contribution in [3.63, 3.8) is 0 Å². The molecule has 1 N–H and O–H groups in total. The van der Waals surface area contributed by atoms with Crippen LogP contribution < -0.4 is 0 Å². The number of aryl methyl sites for hydroxylation is 1. The molecule has 1 unspecified atom stereocenters. The van der Waals surface area contributed by atoms with Crippen molar-refractivity contribution in [3.8, 4) is 0 Å². The van der Waals surface area contributed by atoms with Gasteiger partial charge in [-0.1, -0.05) is 6.07 Å². The third-order valence-electron chi connectivity index (χ3n) is 2.47. The molecule has 0 saturated carbocycles. The van der Waals surface area contributed by atoms with Crippen LogP contribution in [0.15, 0.2) is 18.2 Å². The normalized spacial score (nSPS) is 14.2. The minimum Gasteiger partial charge on any atom is -0.373 e. The van der Waals surface area contributed by atoms with E-state index in [1.807, 2.05) is 0 Å². The fraction of sp³-hybridized carbons (Fsp3) is 0.364. The molecular weight excluding hydrogens is 233 g/mol. The molecule has 3 nitrogen and oxygen atoms in total. The Morgan fingerprint density at radius 1 is 1.35 bits per heavy atom. The molecule has 2 rings (SSSR count). The van der Waals surface area contributed by atoms with Gasteiger partial charge in [0.2, 0.25) is 5.82 Å². The lowest BCUT2D eigenvalue weighted by Crippen LogP contribution is -2.17. The number of fused-ring (bicyclic) bond motifs is 1. The van der Waals surface area contributed by atoms with Crippen LogP contribution in [0.4, 0.5) is 13.2 Å². The van der Waals surface area contributed by atoms with Gasteiger partial charge in [0.15, 0.2) is 0 Å². The Morgan fingerprint density at radius 2 is 2.00 bits per heavy atom. The molecule has 0 aliphatic rings. The van der Waals surface area contributed by atoms with E-state index in [2.05, 4.69) is 4.98 Å². The van der Waals surface area contributed by atoms with Crippen molar-refractivity contribution >= 4 is 11.0 Å². The first-order chi connectivity index (χ1) is 7.80. The van der Waals surface area contributed by atoms with E-state index in [1.165, 1.54) is 13.0 Å². The van der Waals surface area contributed by atoms with E-state index in [0.717, 1.165) is 10.1 Å². The topological polar surface area (TPSA) is 38.0 Å². The quantitative estimate of drug-likeness (QED) is 0.837. The van der Waals surface area contributed by atoms with Gasteiger partial charge in [0.05, 0.1) is 11.0 Å². The van der Waals surface area contributed by atoms with Gasteiger partial charge in [0, 0.05) is 0 Å². The first kappa shape index (κ1) is 11.9. The number of halogens is 3. The average Bonchev–Trinajstić information content (AvgIpc) is 2.55. The van der Waals surface area contributed by atoms with Gasteiger partial charge < -0.3 is 5.11 Å². The van der Waals surface area contributed by atoms with Gasteiger partial charge in [-0.05, 0) is 31.5 Å². The van der Waals surface area contributed by atoms with Crippen LogP contribution in [-0.2, 0) is 6.18 Å². The van der Waals surface area contributed by atoms with Crippen LogP contribution in [0.2, 0.25) is 0 Å². The number of rotatable bonds is 1. The van der Waals surface area contributed by atoms with E-state index >= 15 is 0 Å². The maximum atomic E-state index is 12.8. The zero-order chi connectivity index (χ0) is 12.8. The molecular formula is C11H11F3N2O. The van der Waals surface area contributed by atoms with Gasteiger partial charge in [-0.2, -0.15) is 13.2 Å². The minimum absolute atomic E-state index is 0.226. The third-order valence-corrected chi connectivity index (χ3v) is 2.47. The molecule has 0 saturated heterocycles. The summed E-state index contributed by atoms with van der Waals surface area (Å²) in [6.45, 7) is 3.05. The second-order valence-corrected chi connectivity index (χ2v) is 3.93. The molecule has 0 radical (unpaired) electrons. The Labute approximate surface area is 95.5 Å². The largest absolute Gasteiger partial charge is 0.449 e. The summed E-state index contributed by atoms with van der Waals surface area (Å²) in [5.41, 5.74) is 1.32. The molecule has 6 heteroatoms. The lowest BCUT2D eigenvalue weighted by Gasteiger charge is -2.13. The summed E-state index contributed by atoms with van der Waals surface area (Å²) in [5.74, 6) is -1.08. The lowest BCUT2D eigenvalue weighted by atomic mass is 10.2. The number of hydrogen-bond acceptors (Lipinski definition) is 2. The second kappa shape index (κ2) is 3.73. The highest BCUT2D eigenvalue weighted by Gasteiger charge is 2.38. The Balaban J connectivity index is 2.81. The van der Waals surface area contributed by atoms with Crippen molar-refractivity contribution in [2.45, 2.75) is 26.3 Å². The Kier molecular flexibility index (Phi) is 2.61.